The van der Waals surface area contributed by atoms with Crippen molar-refractivity contribution in [2.24, 2.45) is 5.92 Å². The van der Waals surface area contributed by atoms with Crippen molar-refractivity contribution >= 4 is 5.91 Å². The fraction of sp³-hybridized carbons (Fsp3) is 0.400. The average molecular weight is 227 g/mol. The van der Waals surface area contributed by atoms with E-state index in [4.69, 9.17) is 0 Å². The number of likely N-dealkylation sites (tertiary alicyclic amines) is 1. The Kier molecular flexibility index (Phi) is 2.71. The van der Waals surface area contributed by atoms with Gasteiger partial charge in [-0.1, -0.05) is 30.4 Å². The highest BCUT2D eigenvalue weighted by atomic mass is 16.2. The lowest BCUT2D eigenvalue weighted by atomic mass is 9.90. The maximum atomic E-state index is 12.4. The van der Waals surface area contributed by atoms with Crippen LogP contribution in [0, 0.1) is 5.92 Å². The topological polar surface area (TPSA) is 20.3 Å². The lowest BCUT2D eigenvalue weighted by Crippen LogP contribution is -2.37. The zero-order valence-corrected chi connectivity index (χ0v) is 9.88. The van der Waals surface area contributed by atoms with Crippen molar-refractivity contribution in [2.45, 2.75) is 25.3 Å². The van der Waals surface area contributed by atoms with Gasteiger partial charge in [0.15, 0.2) is 0 Å². The van der Waals surface area contributed by atoms with Gasteiger partial charge in [0.1, 0.15) is 0 Å². The minimum atomic E-state index is 0.185. The monoisotopic (exact) mass is 227 g/mol. The van der Waals surface area contributed by atoms with Gasteiger partial charge in [-0.25, -0.2) is 0 Å². The van der Waals surface area contributed by atoms with Crippen molar-refractivity contribution in [3.63, 3.8) is 0 Å². The highest BCUT2D eigenvalue weighted by molar-refractivity contribution is 5.94. The quantitative estimate of drug-likeness (QED) is 0.675. The minimum Gasteiger partial charge on any atom is -0.332 e. The molecule has 2 aliphatic rings. The van der Waals surface area contributed by atoms with E-state index in [9.17, 15) is 4.79 Å². The van der Waals surface area contributed by atoms with Crippen LogP contribution in [0.1, 0.15) is 29.6 Å². The fourth-order valence-corrected chi connectivity index (χ4v) is 2.98. The molecular weight excluding hydrogens is 210 g/mol. The standard InChI is InChI=1S/C15H17NO/c17-15(13-7-2-1-3-8-13)16-11-10-12-6-4-5-9-14(12)16/h1-3,5,7-9,12,14H,4,6,10-11H2/t12-,14-/m1/s1. The Morgan fingerprint density at radius 2 is 2.00 bits per heavy atom. The Morgan fingerprint density at radius 3 is 2.82 bits per heavy atom. The Labute approximate surface area is 102 Å². The Hall–Kier alpha value is -1.57. The molecule has 2 nitrogen and oxygen atoms in total. The molecule has 1 saturated heterocycles. The molecule has 1 aliphatic carbocycles. The van der Waals surface area contributed by atoms with E-state index in [0.29, 0.717) is 12.0 Å². The largest absolute Gasteiger partial charge is 0.332 e. The molecule has 1 aromatic rings. The Balaban J connectivity index is 1.83. The van der Waals surface area contributed by atoms with Crippen LogP contribution in [-0.2, 0) is 0 Å². The van der Waals surface area contributed by atoms with Crippen molar-refractivity contribution < 1.29 is 4.79 Å². The molecule has 1 amide bonds. The average Bonchev–Trinajstić information content (AvgIpc) is 2.83. The summed E-state index contributed by atoms with van der Waals surface area (Å²) in [5.41, 5.74) is 0.812. The minimum absolute atomic E-state index is 0.185. The van der Waals surface area contributed by atoms with Gasteiger partial charge >= 0.3 is 0 Å². The Morgan fingerprint density at radius 1 is 1.18 bits per heavy atom. The molecule has 1 aliphatic heterocycles. The molecule has 1 fully saturated rings. The summed E-state index contributed by atoms with van der Waals surface area (Å²) < 4.78 is 0. The molecule has 2 atom stereocenters. The molecule has 2 heteroatoms. The van der Waals surface area contributed by atoms with Crippen molar-refractivity contribution in [2.75, 3.05) is 6.54 Å². The molecule has 0 bridgehead atoms. The first-order valence-electron chi connectivity index (χ1n) is 6.39. The lowest BCUT2D eigenvalue weighted by molar-refractivity contribution is 0.0746. The first-order chi connectivity index (χ1) is 8.36. The molecule has 0 unspecified atom stereocenters. The number of allylic oxidation sites excluding steroid dienone is 1. The number of amides is 1. The summed E-state index contributed by atoms with van der Waals surface area (Å²) in [7, 11) is 0. The van der Waals surface area contributed by atoms with Gasteiger partial charge in [-0.15, -0.1) is 0 Å². The van der Waals surface area contributed by atoms with E-state index < -0.39 is 0 Å². The summed E-state index contributed by atoms with van der Waals surface area (Å²) in [5, 5.41) is 0. The van der Waals surface area contributed by atoms with E-state index in [-0.39, 0.29) is 5.91 Å². The maximum absolute atomic E-state index is 12.4. The maximum Gasteiger partial charge on any atom is 0.254 e. The van der Waals surface area contributed by atoms with E-state index in [2.05, 4.69) is 12.2 Å². The zero-order chi connectivity index (χ0) is 11.7. The van der Waals surface area contributed by atoms with Crippen LogP contribution in [0.4, 0.5) is 0 Å². The van der Waals surface area contributed by atoms with Crippen LogP contribution in [0.5, 0.6) is 0 Å². The molecule has 0 aromatic heterocycles. The normalized spacial score (nSPS) is 26.9. The number of rotatable bonds is 1. The van der Waals surface area contributed by atoms with Gasteiger partial charge in [-0.2, -0.15) is 0 Å². The smallest absolute Gasteiger partial charge is 0.254 e. The van der Waals surface area contributed by atoms with Crippen LogP contribution in [0.15, 0.2) is 42.5 Å². The summed E-state index contributed by atoms with van der Waals surface area (Å²) >= 11 is 0. The molecule has 0 saturated carbocycles. The first kappa shape index (κ1) is 10.6. The van der Waals surface area contributed by atoms with E-state index in [1.165, 1.54) is 12.8 Å². The summed E-state index contributed by atoms with van der Waals surface area (Å²) in [6.07, 6.45) is 8.02. The molecule has 0 radical (unpaired) electrons. The molecule has 1 aromatic carbocycles. The molecular formula is C15H17NO. The predicted molar refractivity (Wildman–Crippen MR) is 67.7 cm³/mol. The third kappa shape index (κ3) is 1.88. The summed E-state index contributed by atoms with van der Waals surface area (Å²) in [5.74, 6) is 0.873. The predicted octanol–water partition coefficient (Wildman–Crippen LogP) is 2.87. The van der Waals surface area contributed by atoms with E-state index >= 15 is 0 Å². The number of benzene rings is 1. The number of carbonyl (C=O) groups is 1. The lowest BCUT2D eigenvalue weighted by Gasteiger charge is -2.28. The molecule has 1 heterocycles. The van der Waals surface area contributed by atoms with Crippen molar-refractivity contribution in [1.29, 1.82) is 0 Å². The highest BCUT2D eigenvalue weighted by Gasteiger charge is 2.36. The van der Waals surface area contributed by atoms with Crippen LogP contribution in [0.3, 0.4) is 0 Å². The number of fused-ring (bicyclic) bond motifs is 1. The number of hydrogen-bond donors (Lipinski definition) is 0. The molecule has 17 heavy (non-hydrogen) atoms. The second-order valence-corrected chi connectivity index (χ2v) is 4.91. The van der Waals surface area contributed by atoms with Crippen LogP contribution in [0.2, 0.25) is 0 Å². The van der Waals surface area contributed by atoms with E-state index in [1.807, 2.05) is 35.2 Å². The summed E-state index contributed by atoms with van der Waals surface area (Å²) in [4.78, 5) is 14.4. The first-order valence-corrected chi connectivity index (χ1v) is 6.39. The Bertz CT molecular complexity index is 437. The van der Waals surface area contributed by atoms with Crippen molar-refractivity contribution in [3.8, 4) is 0 Å². The van der Waals surface area contributed by atoms with Gasteiger partial charge in [0.2, 0.25) is 0 Å². The van der Waals surface area contributed by atoms with Gasteiger partial charge in [0.05, 0.1) is 6.04 Å². The molecule has 3 rings (SSSR count). The summed E-state index contributed by atoms with van der Waals surface area (Å²) in [6.45, 7) is 0.910. The summed E-state index contributed by atoms with van der Waals surface area (Å²) in [6, 6.07) is 9.96. The zero-order valence-electron chi connectivity index (χ0n) is 9.88. The SMILES string of the molecule is O=C(c1ccccc1)N1CC[C@H]2CCC=C[C@H]21. The van der Waals surface area contributed by atoms with Crippen molar-refractivity contribution in [3.05, 3.63) is 48.0 Å². The van der Waals surface area contributed by atoms with Crippen LogP contribution >= 0.6 is 0 Å². The van der Waals surface area contributed by atoms with Crippen molar-refractivity contribution in [1.82, 2.24) is 4.90 Å². The number of carbonyl (C=O) groups excluding carboxylic acids is 1. The van der Waals surface area contributed by atoms with Gasteiger partial charge in [0.25, 0.3) is 5.91 Å². The van der Waals surface area contributed by atoms with Gasteiger partial charge in [-0.05, 0) is 37.3 Å². The van der Waals surface area contributed by atoms with Crippen LogP contribution in [0.25, 0.3) is 0 Å². The van der Waals surface area contributed by atoms with Crippen LogP contribution < -0.4 is 0 Å². The van der Waals surface area contributed by atoms with E-state index in [0.717, 1.165) is 18.5 Å². The van der Waals surface area contributed by atoms with Gasteiger partial charge in [-0.3, -0.25) is 4.79 Å². The van der Waals surface area contributed by atoms with E-state index in [1.54, 1.807) is 0 Å². The highest BCUT2D eigenvalue weighted by Crippen LogP contribution is 2.33. The van der Waals surface area contributed by atoms with Crippen LogP contribution in [-0.4, -0.2) is 23.4 Å². The van der Waals surface area contributed by atoms with Gasteiger partial charge < -0.3 is 4.90 Å². The molecule has 0 N–H and O–H groups in total. The number of hydrogen-bond acceptors (Lipinski definition) is 1. The van der Waals surface area contributed by atoms with Gasteiger partial charge in [0, 0.05) is 12.1 Å². The molecule has 0 spiro atoms. The second-order valence-electron chi connectivity index (χ2n) is 4.91. The fourth-order valence-electron chi connectivity index (χ4n) is 2.98. The third-order valence-electron chi connectivity index (χ3n) is 3.90. The second kappa shape index (κ2) is 4.36. The number of nitrogens with zero attached hydrogens (tertiary/aromatic N) is 1. The third-order valence-corrected chi connectivity index (χ3v) is 3.90. The molecule has 88 valence electrons.